The smallest absolute Gasteiger partial charge is 0.243 e. The largest absolute Gasteiger partial charge is 0.320 e. The summed E-state index contributed by atoms with van der Waals surface area (Å²) in [5, 5.41) is 0.633. The molecule has 0 aromatic heterocycles. The Hall–Kier alpha value is -2.33. The van der Waals surface area contributed by atoms with Crippen LogP contribution in [0.4, 0.5) is 0 Å². The van der Waals surface area contributed by atoms with Crippen molar-refractivity contribution < 1.29 is 9.59 Å². The number of hydrogen-bond donors (Lipinski definition) is 0. The van der Waals surface area contributed by atoms with Gasteiger partial charge in [0, 0.05) is 12.1 Å². The molecule has 1 heterocycles. The first-order valence-corrected chi connectivity index (χ1v) is 9.06. The van der Waals surface area contributed by atoms with Crippen LogP contribution in [0.2, 0.25) is 5.02 Å². The van der Waals surface area contributed by atoms with Gasteiger partial charge >= 0.3 is 0 Å². The second-order valence-corrected chi connectivity index (χ2v) is 6.51. The third kappa shape index (κ3) is 6.52. The summed E-state index contributed by atoms with van der Waals surface area (Å²) in [6.45, 7) is 6.47. The summed E-state index contributed by atoms with van der Waals surface area (Å²) in [5.41, 5.74) is 2.20. The lowest BCUT2D eigenvalue weighted by Gasteiger charge is -2.24. The maximum atomic E-state index is 11.5. The van der Waals surface area contributed by atoms with Crippen molar-refractivity contribution >= 4 is 23.9 Å². The quantitative estimate of drug-likeness (QED) is 0.716. The lowest BCUT2D eigenvalue weighted by molar-refractivity contribution is -0.126. The second kappa shape index (κ2) is 11.3. The van der Waals surface area contributed by atoms with Crippen molar-refractivity contribution in [3.05, 3.63) is 70.7 Å². The van der Waals surface area contributed by atoms with E-state index >= 15 is 0 Å². The van der Waals surface area contributed by atoms with Crippen LogP contribution in [0.1, 0.15) is 37.6 Å². The molecular formula is C21H27ClN2O2. The monoisotopic (exact) mass is 374 g/mol. The molecule has 2 aromatic rings. The van der Waals surface area contributed by atoms with Crippen LogP contribution in [0, 0.1) is 6.92 Å². The summed E-state index contributed by atoms with van der Waals surface area (Å²) in [4.78, 5) is 25.4. The Balaban J connectivity index is 0.000000280. The van der Waals surface area contributed by atoms with Crippen molar-refractivity contribution in [2.24, 2.45) is 0 Å². The molecule has 1 aliphatic heterocycles. The fourth-order valence-corrected chi connectivity index (χ4v) is 2.52. The van der Waals surface area contributed by atoms with Gasteiger partial charge < -0.3 is 9.80 Å². The molecule has 1 fully saturated rings. The minimum absolute atomic E-state index is 0.0629. The van der Waals surface area contributed by atoms with Crippen molar-refractivity contribution in [3.8, 4) is 0 Å². The van der Waals surface area contributed by atoms with E-state index in [2.05, 4.69) is 32.9 Å². The highest BCUT2D eigenvalue weighted by Gasteiger charge is 2.35. The van der Waals surface area contributed by atoms with Crippen molar-refractivity contribution in [2.45, 2.75) is 33.4 Å². The summed E-state index contributed by atoms with van der Waals surface area (Å²) in [7, 11) is 1.69. The van der Waals surface area contributed by atoms with Crippen molar-refractivity contribution in [2.75, 3.05) is 13.6 Å². The fraction of sp³-hybridized carbons (Fsp3) is 0.333. The van der Waals surface area contributed by atoms with Crippen LogP contribution < -0.4 is 0 Å². The molecule has 140 valence electrons. The van der Waals surface area contributed by atoms with Crippen LogP contribution in [-0.4, -0.2) is 35.7 Å². The van der Waals surface area contributed by atoms with Crippen molar-refractivity contribution in [3.63, 3.8) is 0 Å². The average Bonchev–Trinajstić information content (AvgIpc) is 2.92. The molecule has 2 amide bonds. The third-order valence-corrected chi connectivity index (χ3v) is 3.89. The highest BCUT2D eigenvalue weighted by Crippen LogP contribution is 2.28. The number of carbonyl (C=O) groups is 2. The van der Waals surface area contributed by atoms with E-state index in [1.165, 1.54) is 16.9 Å². The first kappa shape index (κ1) is 21.7. The zero-order valence-corrected chi connectivity index (χ0v) is 16.6. The molecule has 0 N–H and O–H groups in total. The van der Waals surface area contributed by atoms with Gasteiger partial charge in [-0.3, -0.25) is 9.59 Å². The van der Waals surface area contributed by atoms with Crippen LogP contribution in [0.3, 0.4) is 0 Å². The number of halogens is 1. The Bertz CT molecular complexity index is 674. The Morgan fingerprint density at radius 2 is 1.62 bits per heavy atom. The highest BCUT2D eigenvalue weighted by atomic mass is 35.5. The molecule has 0 spiro atoms. The first-order chi connectivity index (χ1) is 12.4. The van der Waals surface area contributed by atoms with Gasteiger partial charge in [-0.1, -0.05) is 79.9 Å². The van der Waals surface area contributed by atoms with E-state index in [9.17, 15) is 9.59 Å². The van der Waals surface area contributed by atoms with Crippen molar-refractivity contribution in [1.82, 2.24) is 9.80 Å². The molecule has 5 heteroatoms. The topological polar surface area (TPSA) is 40.6 Å². The molecule has 4 nitrogen and oxygen atoms in total. The van der Waals surface area contributed by atoms with Crippen LogP contribution in [0.5, 0.6) is 0 Å². The number of aryl methyl sites for hydroxylation is 1. The summed E-state index contributed by atoms with van der Waals surface area (Å²) in [5.74, 6) is -0.0629. The van der Waals surface area contributed by atoms with Gasteiger partial charge in [-0.05, 0) is 24.6 Å². The number of benzene rings is 2. The second-order valence-electron chi connectivity index (χ2n) is 6.07. The lowest BCUT2D eigenvalue weighted by Crippen LogP contribution is -2.28. The molecule has 0 saturated carbocycles. The Labute approximate surface area is 161 Å². The maximum absolute atomic E-state index is 11.5. The molecule has 3 rings (SSSR count). The molecule has 1 atom stereocenters. The number of rotatable bonds is 2. The van der Waals surface area contributed by atoms with Gasteiger partial charge in [0.2, 0.25) is 12.3 Å². The molecule has 1 aliphatic rings. The van der Waals surface area contributed by atoms with E-state index in [4.69, 9.17) is 11.6 Å². The SMILES string of the molecule is CCC.CN1C(=O)CN(C=O)C1c1ccc(Cl)cc1.Cc1ccccc1. The van der Waals surface area contributed by atoms with Gasteiger partial charge in [0.1, 0.15) is 12.7 Å². The van der Waals surface area contributed by atoms with E-state index in [1.54, 1.807) is 24.1 Å². The minimum atomic E-state index is -0.317. The number of amides is 2. The Kier molecular flexibility index (Phi) is 9.45. The van der Waals surface area contributed by atoms with Gasteiger partial charge in [-0.15, -0.1) is 0 Å². The van der Waals surface area contributed by atoms with Gasteiger partial charge in [-0.2, -0.15) is 0 Å². The first-order valence-electron chi connectivity index (χ1n) is 8.68. The van der Waals surface area contributed by atoms with E-state index in [-0.39, 0.29) is 18.6 Å². The minimum Gasteiger partial charge on any atom is -0.320 e. The maximum Gasteiger partial charge on any atom is 0.243 e. The van der Waals surface area contributed by atoms with Gasteiger partial charge in [0.15, 0.2) is 0 Å². The van der Waals surface area contributed by atoms with E-state index in [1.807, 2.05) is 30.3 Å². The molecule has 0 bridgehead atoms. The predicted molar refractivity (Wildman–Crippen MR) is 107 cm³/mol. The molecule has 1 unspecified atom stereocenters. The van der Waals surface area contributed by atoms with Crippen molar-refractivity contribution in [1.29, 1.82) is 0 Å². The Morgan fingerprint density at radius 1 is 1.08 bits per heavy atom. The van der Waals surface area contributed by atoms with Crippen LogP contribution in [0.15, 0.2) is 54.6 Å². The summed E-state index contributed by atoms with van der Waals surface area (Å²) >= 11 is 5.79. The average molecular weight is 375 g/mol. The standard InChI is InChI=1S/C11H11ClN2O2.C7H8.C3H8/c1-13-10(16)6-14(7-15)11(13)8-2-4-9(12)5-3-8;1-7-5-3-2-4-6-7;1-3-2/h2-5,7,11H,6H2,1H3;2-6H,1H3;3H2,1-2H3. The van der Waals surface area contributed by atoms with Gasteiger partial charge in [0.25, 0.3) is 0 Å². The number of likely N-dealkylation sites (N-methyl/N-ethyl adjacent to an activating group) is 1. The lowest BCUT2D eigenvalue weighted by atomic mass is 10.1. The third-order valence-electron chi connectivity index (χ3n) is 3.64. The number of carbonyl (C=O) groups excluding carboxylic acids is 2. The summed E-state index contributed by atoms with van der Waals surface area (Å²) < 4.78 is 0. The molecule has 0 aliphatic carbocycles. The molecule has 0 radical (unpaired) electrons. The van der Waals surface area contributed by atoms with Crippen LogP contribution in [0.25, 0.3) is 0 Å². The summed E-state index contributed by atoms with van der Waals surface area (Å²) in [6.07, 6.45) is 1.63. The van der Waals surface area contributed by atoms with E-state index < -0.39 is 0 Å². The normalized spacial score (nSPS) is 15.6. The molecule has 26 heavy (non-hydrogen) atoms. The highest BCUT2D eigenvalue weighted by molar-refractivity contribution is 6.30. The van der Waals surface area contributed by atoms with Crippen LogP contribution in [-0.2, 0) is 9.59 Å². The van der Waals surface area contributed by atoms with Gasteiger partial charge in [-0.25, -0.2) is 0 Å². The number of hydrogen-bond acceptors (Lipinski definition) is 2. The molecule has 1 saturated heterocycles. The number of nitrogens with zero attached hydrogens (tertiary/aromatic N) is 2. The van der Waals surface area contributed by atoms with E-state index in [0.717, 1.165) is 5.56 Å². The zero-order chi connectivity index (χ0) is 19.5. The predicted octanol–water partition coefficient (Wildman–Crippen LogP) is 4.68. The molecular weight excluding hydrogens is 348 g/mol. The van der Waals surface area contributed by atoms with E-state index in [0.29, 0.717) is 11.4 Å². The Morgan fingerprint density at radius 3 is 2.04 bits per heavy atom. The zero-order valence-electron chi connectivity index (χ0n) is 15.9. The fourth-order valence-electron chi connectivity index (χ4n) is 2.39. The molecule has 2 aromatic carbocycles. The van der Waals surface area contributed by atoms with Gasteiger partial charge in [0.05, 0.1) is 0 Å². The summed E-state index contributed by atoms with van der Waals surface area (Å²) in [6, 6.07) is 17.4. The van der Waals surface area contributed by atoms with Crippen LogP contribution >= 0.6 is 11.6 Å².